The van der Waals surface area contributed by atoms with Gasteiger partial charge >= 0.3 is 0 Å². The second kappa shape index (κ2) is 5.40. The topological polar surface area (TPSA) is 42.2 Å². The van der Waals surface area contributed by atoms with E-state index >= 15 is 0 Å². The maximum Gasteiger partial charge on any atom is 0.254 e. The molecule has 1 heterocycles. The highest BCUT2D eigenvalue weighted by atomic mass is 16.3. The van der Waals surface area contributed by atoms with Crippen molar-refractivity contribution in [2.75, 3.05) is 6.54 Å². The van der Waals surface area contributed by atoms with Crippen LogP contribution in [0.1, 0.15) is 46.7 Å². The molecular formula is C18H21NO2. The summed E-state index contributed by atoms with van der Waals surface area (Å²) >= 11 is 0. The molecule has 0 bridgehead atoms. The third kappa shape index (κ3) is 2.60. The van der Waals surface area contributed by atoms with Gasteiger partial charge in [0.1, 0.15) is 11.5 Å². The Morgan fingerprint density at radius 2 is 1.95 bits per heavy atom. The number of hydrogen-bond acceptors (Lipinski definition) is 2. The van der Waals surface area contributed by atoms with Crippen LogP contribution in [0.25, 0.3) is 0 Å². The lowest BCUT2D eigenvalue weighted by Crippen LogP contribution is -2.45. The average Bonchev–Trinajstić information content (AvgIpc) is 2.77. The van der Waals surface area contributed by atoms with Gasteiger partial charge in [0.15, 0.2) is 0 Å². The Balaban J connectivity index is 1.72. The first-order valence-corrected chi connectivity index (χ1v) is 7.51. The number of rotatable bonds is 4. The second-order valence-electron chi connectivity index (χ2n) is 6.01. The minimum absolute atomic E-state index is 0.0356. The number of amides is 1. The van der Waals surface area contributed by atoms with Gasteiger partial charge in [-0.1, -0.05) is 36.8 Å². The molecular weight excluding hydrogens is 262 g/mol. The van der Waals surface area contributed by atoms with Crippen LogP contribution in [0, 0.1) is 13.8 Å². The lowest BCUT2D eigenvalue weighted by Gasteiger charge is -2.42. The number of hydrogen-bond donors (Lipinski definition) is 1. The highest BCUT2D eigenvalue weighted by Gasteiger charge is 2.38. The molecule has 0 saturated heterocycles. The number of nitrogens with one attached hydrogen (secondary N) is 1. The molecule has 1 aliphatic rings. The van der Waals surface area contributed by atoms with Gasteiger partial charge in [-0.25, -0.2) is 0 Å². The van der Waals surface area contributed by atoms with Crippen molar-refractivity contribution in [3.05, 3.63) is 59.0 Å². The number of aryl methyl sites for hydroxylation is 2. The average molecular weight is 283 g/mol. The van der Waals surface area contributed by atoms with Crippen LogP contribution >= 0.6 is 0 Å². The van der Waals surface area contributed by atoms with Gasteiger partial charge in [0, 0.05) is 12.0 Å². The number of furan rings is 1. The summed E-state index contributed by atoms with van der Waals surface area (Å²) in [6, 6.07) is 12.3. The van der Waals surface area contributed by atoms with E-state index in [0.717, 1.165) is 18.6 Å². The Labute approximate surface area is 125 Å². The van der Waals surface area contributed by atoms with Crippen LogP contribution in [-0.4, -0.2) is 12.5 Å². The van der Waals surface area contributed by atoms with Crippen LogP contribution in [-0.2, 0) is 5.41 Å². The van der Waals surface area contributed by atoms with E-state index in [0.29, 0.717) is 17.9 Å². The zero-order valence-corrected chi connectivity index (χ0v) is 12.6. The van der Waals surface area contributed by atoms with Crippen molar-refractivity contribution >= 4 is 5.91 Å². The maximum atomic E-state index is 12.3. The van der Waals surface area contributed by atoms with E-state index in [9.17, 15) is 4.79 Å². The lowest BCUT2D eigenvalue weighted by molar-refractivity contribution is 0.0926. The highest BCUT2D eigenvalue weighted by Crippen LogP contribution is 2.43. The molecule has 0 aliphatic heterocycles. The van der Waals surface area contributed by atoms with Crippen molar-refractivity contribution in [3.63, 3.8) is 0 Å². The predicted octanol–water partition coefficient (Wildman–Crippen LogP) is 3.75. The van der Waals surface area contributed by atoms with Gasteiger partial charge in [-0.3, -0.25) is 4.79 Å². The zero-order chi connectivity index (χ0) is 14.9. The quantitative estimate of drug-likeness (QED) is 0.928. The second-order valence-corrected chi connectivity index (χ2v) is 6.01. The van der Waals surface area contributed by atoms with Crippen LogP contribution in [0.2, 0.25) is 0 Å². The number of carbonyl (C=O) groups is 1. The monoisotopic (exact) mass is 283 g/mol. The summed E-state index contributed by atoms with van der Waals surface area (Å²) in [6.07, 6.45) is 3.51. The van der Waals surface area contributed by atoms with Crippen molar-refractivity contribution in [3.8, 4) is 0 Å². The van der Waals surface area contributed by atoms with Crippen LogP contribution in [0.4, 0.5) is 0 Å². The maximum absolute atomic E-state index is 12.3. The van der Waals surface area contributed by atoms with Crippen molar-refractivity contribution in [2.24, 2.45) is 0 Å². The van der Waals surface area contributed by atoms with Crippen molar-refractivity contribution < 1.29 is 9.21 Å². The minimum atomic E-state index is -0.0356. The fraction of sp³-hybridized carbons (Fsp3) is 0.389. The molecule has 1 N–H and O–H groups in total. The molecule has 1 aromatic heterocycles. The summed E-state index contributed by atoms with van der Waals surface area (Å²) in [5.74, 6) is 1.43. The summed E-state index contributed by atoms with van der Waals surface area (Å²) in [6.45, 7) is 4.39. The van der Waals surface area contributed by atoms with Crippen LogP contribution in [0.15, 0.2) is 40.8 Å². The van der Waals surface area contributed by atoms with Crippen molar-refractivity contribution in [2.45, 2.75) is 38.5 Å². The van der Waals surface area contributed by atoms with Gasteiger partial charge in [0.05, 0.1) is 5.56 Å². The molecule has 110 valence electrons. The smallest absolute Gasteiger partial charge is 0.254 e. The first-order valence-electron chi connectivity index (χ1n) is 7.51. The largest absolute Gasteiger partial charge is 0.466 e. The molecule has 3 rings (SSSR count). The van der Waals surface area contributed by atoms with E-state index in [4.69, 9.17) is 4.42 Å². The molecule has 1 amide bonds. The minimum Gasteiger partial charge on any atom is -0.466 e. The van der Waals surface area contributed by atoms with E-state index in [-0.39, 0.29) is 11.3 Å². The molecule has 1 aromatic carbocycles. The van der Waals surface area contributed by atoms with E-state index in [1.807, 2.05) is 19.9 Å². The van der Waals surface area contributed by atoms with E-state index in [1.165, 1.54) is 12.0 Å². The van der Waals surface area contributed by atoms with Crippen molar-refractivity contribution in [1.82, 2.24) is 5.32 Å². The van der Waals surface area contributed by atoms with E-state index in [2.05, 4.69) is 29.6 Å². The first kappa shape index (κ1) is 13.9. The zero-order valence-electron chi connectivity index (χ0n) is 12.6. The number of carbonyl (C=O) groups excluding carboxylic acids is 1. The third-order valence-electron chi connectivity index (χ3n) is 4.57. The van der Waals surface area contributed by atoms with Gasteiger partial charge in [-0.05, 0) is 38.3 Å². The Hall–Kier alpha value is -2.03. The van der Waals surface area contributed by atoms with Gasteiger partial charge < -0.3 is 9.73 Å². The molecule has 3 heteroatoms. The number of benzene rings is 1. The molecule has 1 fully saturated rings. The van der Waals surface area contributed by atoms with Crippen LogP contribution in [0.5, 0.6) is 0 Å². The summed E-state index contributed by atoms with van der Waals surface area (Å²) in [7, 11) is 0. The molecule has 3 nitrogen and oxygen atoms in total. The van der Waals surface area contributed by atoms with Gasteiger partial charge in [-0.2, -0.15) is 0 Å². The van der Waals surface area contributed by atoms with Gasteiger partial charge in [0.2, 0.25) is 0 Å². The fourth-order valence-corrected chi connectivity index (χ4v) is 3.16. The Kier molecular flexibility index (Phi) is 3.58. The van der Waals surface area contributed by atoms with Gasteiger partial charge in [0.25, 0.3) is 5.91 Å². The Morgan fingerprint density at radius 3 is 2.48 bits per heavy atom. The standard InChI is InChI=1S/C18H21NO2/c1-13-11-16(14(2)21-13)17(20)19-12-18(9-6-10-18)15-7-4-3-5-8-15/h3-5,7-8,11H,6,9-10,12H2,1-2H3,(H,19,20). The normalized spacial score (nSPS) is 16.3. The van der Waals surface area contributed by atoms with Crippen LogP contribution < -0.4 is 5.32 Å². The Morgan fingerprint density at radius 1 is 1.24 bits per heavy atom. The molecule has 0 radical (unpaired) electrons. The fourth-order valence-electron chi connectivity index (χ4n) is 3.16. The molecule has 0 spiro atoms. The molecule has 1 aliphatic carbocycles. The first-order chi connectivity index (χ1) is 10.1. The molecule has 0 unspecified atom stereocenters. The molecule has 21 heavy (non-hydrogen) atoms. The molecule has 0 atom stereocenters. The summed E-state index contributed by atoms with van der Waals surface area (Å²) in [5.41, 5.74) is 2.09. The summed E-state index contributed by atoms with van der Waals surface area (Å²) in [4.78, 5) is 12.3. The summed E-state index contributed by atoms with van der Waals surface area (Å²) < 4.78 is 5.43. The highest BCUT2D eigenvalue weighted by molar-refractivity contribution is 5.95. The van der Waals surface area contributed by atoms with Gasteiger partial charge in [-0.15, -0.1) is 0 Å². The lowest BCUT2D eigenvalue weighted by atomic mass is 9.64. The molecule has 1 saturated carbocycles. The molecule has 2 aromatic rings. The van der Waals surface area contributed by atoms with E-state index in [1.54, 1.807) is 6.07 Å². The van der Waals surface area contributed by atoms with Crippen molar-refractivity contribution in [1.29, 1.82) is 0 Å². The third-order valence-corrected chi connectivity index (χ3v) is 4.57. The van der Waals surface area contributed by atoms with Crippen LogP contribution in [0.3, 0.4) is 0 Å². The SMILES string of the molecule is Cc1cc(C(=O)NCC2(c3ccccc3)CCC2)c(C)o1. The Bertz CT molecular complexity index is 638. The van der Waals surface area contributed by atoms with E-state index < -0.39 is 0 Å². The summed E-state index contributed by atoms with van der Waals surface area (Å²) in [5, 5.41) is 3.10. The predicted molar refractivity (Wildman–Crippen MR) is 82.5 cm³/mol.